The van der Waals surface area contributed by atoms with Crippen LogP contribution < -0.4 is 4.74 Å². The van der Waals surface area contributed by atoms with Crippen molar-refractivity contribution < 1.29 is 9.53 Å². The molecular weight excluding hydrogens is 300 g/mol. The Balaban J connectivity index is 2.36. The van der Waals surface area contributed by atoms with E-state index in [2.05, 4.69) is 10.2 Å². The molecule has 2 rings (SSSR count). The first-order valence-corrected chi connectivity index (χ1v) is 8.24. The lowest BCUT2D eigenvalue weighted by molar-refractivity contribution is 0.101. The predicted molar refractivity (Wildman–Crippen MR) is 78.8 cm³/mol. The number of ether oxygens (including phenoxy) is 1. The van der Waals surface area contributed by atoms with Crippen LogP contribution in [0, 0.1) is 0 Å². The minimum Gasteiger partial charge on any atom is -0.496 e. The van der Waals surface area contributed by atoms with E-state index in [9.17, 15) is 4.79 Å². The lowest BCUT2D eigenvalue weighted by Crippen LogP contribution is -1.99. The van der Waals surface area contributed by atoms with Crippen molar-refractivity contribution in [3.63, 3.8) is 0 Å². The molecule has 0 atom stereocenters. The SMILES string of the molecule is COc1cccc(Sc2nnc(SC)s2)c1C(C)=O. The fourth-order valence-corrected chi connectivity index (χ4v) is 4.13. The van der Waals surface area contributed by atoms with E-state index in [1.165, 1.54) is 30.0 Å². The second kappa shape index (κ2) is 6.40. The Bertz CT molecular complexity index is 598. The largest absolute Gasteiger partial charge is 0.496 e. The first-order chi connectivity index (χ1) is 9.15. The summed E-state index contributed by atoms with van der Waals surface area (Å²) in [6.45, 7) is 1.54. The quantitative estimate of drug-likeness (QED) is 0.621. The lowest BCUT2D eigenvalue weighted by atomic mass is 10.1. The van der Waals surface area contributed by atoms with Crippen LogP contribution in [0.1, 0.15) is 17.3 Å². The van der Waals surface area contributed by atoms with E-state index in [-0.39, 0.29) is 5.78 Å². The van der Waals surface area contributed by atoms with Gasteiger partial charge in [-0.15, -0.1) is 10.2 Å². The molecule has 0 saturated heterocycles. The molecule has 1 aromatic carbocycles. The zero-order chi connectivity index (χ0) is 13.8. The van der Waals surface area contributed by atoms with E-state index in [0.717, 1.165) is 13.6 Å². The zero-order valence-corrected chi connectivity index (χ0v) is 13.1. The van der Waals surface area contributed by atoms with Gasteiger partial charge in [-0.2, -0.15) is 0 Å². The van der Waals surface area contributed by atoms with Gasteiger partial charge in [-0.1, -0.05) is 40.9 Å². The third kappa shape index (κ3) is 3.29. The van der Waals surface area contributed by atoms with E-state index >= 15 is 0 Å². The van der Waals surface area contributed by atoms with Crippen molar-refractivity contribution >= 4 is 40.6 Å². The number of methoxy groups -OCH3 is 1. The average molecular weight is 312 g/mol. The molecule has 0 aliphatic rings. The minimum atomic E-state index is -0.0189. The van der Waals surface area contributed by atoms with E-state index in [1.807, 2.05) is 18.4 Å². The van der Waals surface area contributed by atoms with Gasteiger partial charge < -0.3 is 4.74 Å². The fourth-order valence-electron chi connectivity index (χ4n) is 1.53. The molecule has 0 unspecified atom stereocenters. The summed E-state index contributed by atoms with van der Waals surface area (Å²) < 4.78 is 6.97. The molecule has 100 valence electrons. The average Bonchev–Trinajstić information content (AvgIpc) is 2.85. The van der Waals surface area contributed by atoms with Crippen LogP contribution in [0.2, 0.25) is 0 Å². The maximum Gasteiger partial charge on any atom is 0.179 e. The summed E-state index contributed by atoms with van der Waals surface area (Å²) >= 11 is 4.51. The van der Waals surface area contributed by atoms with Crippen molar-refractivity contribution in [2.45, 2.75) is 20.5 Å². The Kier molecular flexibility index (Phi) is 4.84. The normalized spacial score (nSPS) is 10.5. The Morgan fingerprint density at radius 1 is 1.32 bits per heavy atom. The monoisotopic (exact) mass is 312 g/mol. The number of hydrogen-bond acceptors (Lipinski definition) is 7. The van der Waals surface area contributed by atoms with Crippen molar-refractivity contribution in [3.05, 3.63) is 23.8 Å². The van der Waals surface area contributed by atoms with Gasteiger partial charge in [-0.05, 0) is 25.3 Å². The number of hydrogen-bond donors (Lipinski definition) is 0. The van der Waals surface area contributed by atoms with Crippen LogP contribution >= 0.6 is 34.9 Å². The molecular formula is C12H12N2O2S3. The van der Waals surface area contributed by atoms with Gasteiger partial charge in [0, 0.05) is 4.90 Å². The maximum atomic E-state index is 11.8. The van der Waals surface area contributed by atoms with Crippen LogP contribution in [-0.4, -0.2) is 29.3 Å². The molecule has 1 aromatic heterocycles. The van der Waals surface area contributed by atoms with Crippen molar-refractivity contribution in [1.82, 2.24) is 10.2 Å². The highest BCUT2D eigenvalue weighted by Crippen LogP contribution is 2.37. The molecule has 0 bridgehead atoms. The molecule has 0 amide bonds. The summed E-state index contributed by atoms with van der Waals surface area (Å²) in [5, 5.41) is 8.14. The Morgan fingerprint density at radius 3 is 2.63 bits per heavy atom. The summed E-state index contributed by atoms with van der Waals surface area (Å²) in [6.07, 6.45) is 1.96. The van der Waals surface area contributed by atoms with Crippen LogP contribution in [0.5, 0.6) is 5.75 Å². The molecule has 0 aliphatic heterocycles. The third-order valence-electron chi connectivity index (χ3n) is 2.32. The number of Topliss-reactive ketones (excluding diaryl/α,β-unsaturated/α-hetero) is 1. The molecule has 0 radical (unpaired) electrons. The summed E-state index contributed by atoms with van der Waals surface area (Å²) in [7, 11) is 1.56. The topological polar surface area (TPSA) is 52.1 Å². The smallest absolute Gasteiger partial charge is 0.179 e. The molecule has 7 heteroatoms. The third-order valence-corrected chi connectivity index (χ3v) is 5.33. The van der Waals surface area contributed by atoms with Crippen molar-refractivity contribution in [1.29, 1.82) is 0 Å². The van der Waals surface area contributed by atoms with Crippen LogP contribution in [0.4, 0.5) is 0 Å². The van der Waals surface area contributed by atoms with Crippen LogP contribution in [0.3, 0.4) is 0 Å². The number of thioether (sulfide) groups is 1. The van der Waals surface area contributed by atoms with Crippen LogP contribution in [0.15, 0.2) is 31.8 Å². The Morgan fingerprint density at radius 2 is 2.05 bits per heavy atom. The zero-order valence-electron chi connectivity index (χ0n) is 10.7. The van der Waals surface area contributed by atoms with Crippen molar-refractivity contribution in [3.8, 4) is 5.75 Å². The molecule has 0 N–H and O–H groups in total. The van der Waals surface area contributed by atoms with Gasteiger partial charge in [0.1, 0.15) is 5.75 Å². The van der Waals surface area contributed by atoms with Gasteiger partial charge in [0.15, 0.2) is 14.5 Å². The summed E-state index contributed by atoms with van der Waals surface area (Å²) in [6, 6.07) is 5.54. The maximum absolute atomic E-state index is 11.8. The minimum absolute atomic E-state index is 0.0189. The first-order valence-electron chi connectivity index (χ1n) is 5.39. The van der Waals surface area contributed by atoms with Crippen LogP contribution in [0.25, 0.3) is 0 Å². The highest BCUT2D eigenvalue weighted by Gasteiger charge is 2.16. The highest BCUT2D eigenvalue weighted by atomic mass is 32.2. The first kappa shape index (κ1) is 14.4. The van der Waals surface area contributed by atoms with Crippen molar-refractivity contribution in [2.75, 3.05) is 13.4 Å². The number of ketones is 1. The highest BCUT2D eigenvalue weighted by molar-refractivity contribution is 8.03. The van der Waals surface area contributed by atoms with E-state index in [4.69, 9.17) is 4.74 Å². The molecule has 1 heterocycles. The number of rotatable bonds is 5. The van der Waals surface area contributed by atoms with Crippen molar-refractivity contribution in [2.24, 2.45) is 0 Å². The standard InChI is InChI=1S/C12H12N2O2S3/c1-7(15)10-8(16-2)5-4-6-9(10)18-12-14-13-11(17-3)19-12/h4-6H,1-3H3. The van der Waals surface area contributed by atoms with Crippen LogP contribution in [-0.2, 0) is 0 Å². The molecule has 4 nitrogen and oxygen atoms in total. The van der Waals surface area contributed by atoms with E-state index in [0.29, 0.717) is 11.3 Å². The number of aromatic nitrogens is 2. The summed E-state index contributed by atoms with van der Waals surface area (Å²) in [5.74, 6) is 0.571. The second-order valence-electron chi connectivity index (χ2n) is 3.53. The molecule has 2 aromatic rings. The van der Waals surface area contributed by atoms with Gasteiger partial charge in [0.05, 0.1) is 12.7 Å². The number of carbonyl (C=O) groups is 1. The molecule has 0 fully saturated rings. The number of carbonyl (C=O) groups excluding carboxylic acids is 1. The molecule has 19 heavy (non-hydrogen) atoms. The molecule has 0 saturated carbocycles. The Hall–Kier alpha value is -1.05. The predicted octanol–water partition coefficient (Wildman–Crippen LogP) is 3.62. The van der Waals surface area contributed by atoms with Gasteiger partial charge in [0.2, 0.25) is 0 Å². The molecule has 0 spiro atoms. The van der Waals surface area contributed by atoms with E-state index in [1.54, 1.807) is 24.9 Å². The summed E-state index contributed by atoms with van der Waals surface area (Å²) in [5.41, 5.74) is 0.593. The number of benzene rings is 1. The molecule has 0 aliphatic carbocycles. The second-order valence-corrected chi connectivity index (χ2v) is 6.85. The Labute approximate surface area is 124 Å². The number of nitrogens with zero attached hydrogens (tertiary/aromatic N) is 2. The van der Waals surface area contributed by atoms with Gasteiger partial charge in [-0.3, -0.25) is 4.79 Å². The summed E-state index contributed by atoms with van der Waals surface area (Å²) in [4.78, 5) is 12.6. The lowest BCUT2D eigenvalue weighted by Gasteiger charge is -2.09. The van der Waals surface area contributed by atoms with E-state index < -0.39 is 0 Å². The fraction of sp³-hybridized carbons (Fsp3) is 0.250. The van der Waals surface area contributed by atoms with Gasteiger partial charge >= 0.3 is 0 Å². The van der Waals surface area contributed by atoms with Gasteiger partial charge in [0.25, 0.3) is 0 Å². The van der Waals surface area contributed by atoms with Gasteiger partial charge in [-0.25, -0.2) is 0 Å².